The molecule has 7 nitrogen and oxygen atoms in total. The Morgan fingerprint density at radius 2 is 2.14 bits per heavy atom. The highest BCUT2D eigenvalue weighted by Gasteiger charge is 2.30. The van der Waals surface area contributed by atoms with Gasteiger partial charge in [0.2, 0.25) is 0 Å². The number of nitrogens with one attached hydrogen (secondary N) is 1. The molecule has 1 fully saturated rings. The van der Waals surface area contributed by atoms with E-state index in [1.165, 1.54) is 0 Å². The molecule has 2 aromatic heterocycles. The van der Waals surface area contributed by atoms with E-state index >= 15 is 0 Å². The SMILES string of the molecule is Cn1cnc(C(=O)N[C@@H](c2nccn2C)C2CCOCC2)c1. The number of aromatic nitrogens is 4. The molecule has 2 aromatic rings. The van der Waals surface area contributed by atoms with E-state index in [0.717, 1.165) is 31.9 Å². The summed E-state index contributed by atoms with van der Waals surface area (Å²) in [6, 6.07) is -0.126. The van der Waals surface area contributed by atoms with Crippen LogP contribution in [-0.4, -0.2) is 38.2 Å². The molecule has 3 rings (SSSR count). The number of aryl methyl sites for hydroxylation is 2. The molecule has 0 aliphatic carbocycles. The zero-order valence-corrected chi connectivity index (χ0v) is 12.9. The van der Waals surface area contributed by atoms with Crippen LogP contribution in [0.25, 0.3) is 0 Å². The third-order valence-corrected chi connectivity index (χ3v) is 4.10. The molecule has 22 heavy (non-hydrogen) atoms. The maximum atomic E-state index is 12.5. The van der Waals surface area contributed by atoms with Crippen LogP contribution in [0.5, 0.6) is 0 Å². The molecule has 0 radical (unpaired) electrons. The highest BCUT2D eigenvalue weighted by atomic mass is 16.5. The largest absolute Gasteiger partial charge is 0.381 e. The quantitative estimate of drug-likeness (QED) is 0.916. The molecule has 0 spiro atoms. The van der Waals surface area contributed by atoms with Crippen molar-refractivity contribution < 1.29 is 9.53 Å². The third kappa shape index (κ3) is 3.04. The Hall–Kier alpha value is -2.15. The second kappa shape index (κ2) is 6.31. The smallest absolute Gasteiger partial charge is 0.272 e. The number of carbonyl (C=O) groups excluding carboxylic acids is 1. The van der Waals surface area contributed by atoms with Gasteiger partial charge < -0.3 is 19.2 Å². The van der Waals surface area contributed by atoms with E-state index in [2.05, 4.69) is 15.3 Å². The van der Waals surface area contributed by atoms with Gasteiger partial charge in [0, 0.05) is 45.9 Å². The minimum Gasteiger partial charge on any atom is -0.381 e. The van der Waals surface area contributed by atoms with Crippen LogP contribution in [0, 0.1) is 5.92 Å². The van der Waals surface area contributed by atoms with Crippen molar-refractivity contribution in [2.45, 2.75) is 18.9 Å². The molecular formula is C15H21N5O2. The number of carbonyl (C=O) groups is 1. The minimum atomic E-state index is -0.167. The van der Waals surface area contributed by atoms with E-state index in [1.807, 2.05) is 24.9 Å². The van der Waals surface area contributed by atoms with Crippen LogP contribution in [-0.2, 0) is 18.8 Å². The summed E-state index contributed by atoms with van der Waals surface area (Å²) >= 11 is 0. The third-order valence-electron chi connectivity index (χ3n) is 4.10. The summed E-state index contributed by atoms with van der Waals surface area (Å²) in [7, 11) is 3.79. The fourth-order valence-corrected chi connectivity index (χ4v) is 2.86. The van der Waals surface area contributed by atoms with E-state index in [1.54, 1.807) is 23.3 Å². The van der Waals surface area contributed by atoms with Crippen molar-refractivity contribution in [3.05, 3.63) is 36.4 Å². The average Bonchev–Trinajstić information content (AvgIpc) is 3.14. The summed E-state index contributed by atoms with van der Waals surface area (Å²) in [6.45, 7) is 1.45. The van der Waals surface area contributed by atoms with Gasteiger partial charge in [-0.05, 0) is 18.8 Å². The second-order valence-corrected chi connectivity index (χ2v) is 5.72. The molecule has 0 saturated carbocycles. The van der Waals surface area contributed by atoms with Crippen molar-refractivity contribution in [1.29, 1.82) is 0 Å². The lowest BCUT2D eigenvalue weighted by Crippen LogP contribution is -2.37. The molecule has 1 aliphatic heterocycles. The molecule has 0 aromatic carbocycles. The van der Waals surface area contributed by atoms with Crippen LogP contribution in [0.1, 0.15) is 35.2 Å². The molecule has 1 N–H and O–H groups in total. The molecule has 118 valence electrons. The predicted octanol–water partition coefficient (Wildman–Crippen LogP) is 1.05. The topological polar surface area (TPSA) is 74.0 Å². The number of imidazole rings is 2. The van der Waals surface area contributed by atoms with Crippen LogP contribution in [0.3, 0.4) is 0 Å². The monoisotopic (exact) mass is 303 g/mol. The first kappa shape index (κ1) is 14.8. The number of hydrogen-bond donors (Lipinski definition) is 1. The normalized spacial score (nSPS) is 17.4. The molecule has 0 unspecified atom stereocenters. The van der Waals surface area contributed by atoms with Gasteiger partial charge in [-0.1, -0.05) is 0 Å². The number of amides is 1. The van der Waals surface area contributed by atoms with E-state index in [9.17, 15) is 4.79 Å². The standard InChI is InChI=1S/C15H21N5O2/c1-19-9-12(17-10-19)15(21)18-13(11-3-7-22-8-4-11)14-16-5-6-20(14)2/h5-6,9-11,13H,3-4,7-8H2,1-2H3,(H,18,21)/t13-/m1/s1. The van der Waals surface area contributed by atoms with Gasteiger partial charge in [-0.2, -0.15) is 0 Å². The van der Waals surface area contributed by atoms with Gasteiger partial charge in [-0.3, -0.25) is 4.79 Å². The zero-order chi connectivity index (χ0) is 15.5. The van der Waals surface area contributed by atoms with Gasteiger partial charge in [-0.15, -0.1) is 0 Å². The van der Waals surface area contributed by atoms with Crippen LogP contribution >= 0.6 is 0 Å². The summed E-state index contributed by atoms with van der Waals surface area (Å²) in [5.74, 6) is 1.03. The number of rotatable bonds is 4. The molecule has 7 heteroatoms. The Balaban J connectivity index is 1.82. The Kier molecular flexibility index (Phi) is 4.24. The first-order valence-corrected chi connectivity index (χ1v) is 7.49. The van der Waals surface area contributed by atoms with Crippen molar-refractivity contribution in [2.24, 2.45) is 20.0 Å². The summed E-state index contributed by atoms with van der Waals surface area (Å²) in [4.78, 5) is 21.0. The van der Waals surface area contributed by atoms with Crippen molar-refractivity contribution in [2.75, 3.05) is 13.2 Å². The van der Waals surface area contributed by atoms with Gasteiger partial charge in [0.25, 0.3) is 5.91 Å². The van der Waals surface area contributed by atoms with Crippen molar-refractivity contribution in [3.63, 3.8) is 0 Å². The molecule has 3 heterocycles. The second-order valence-electron chi connectivity index (χ2n) is 5.72. The van der Waals surface area contributed by atoms with Gasteiger partial charge >= 0.3 is 0 Å². The number of hydrogen-bond acceptors (Lipinski definition) is 4. The Morgan fingerprint density at radius 1 is 1.36 bits per heavy atom. The lowest BCUT2D eigenvalue weighted by molar-refractivity contribution is 0.0498. The van der Waals surface area contributed by atoms with E-state index in [-0.39, 0.29) is 11.9 Å². The van der Waals surface area contributed by atoms with Crippen molar-refractivity contribution in [1.82, 2.24) is 24.4 Å². The minimum absolute atomic E-state index is 0.126. The molecule has 1 saturated heterocycles. The first-order chi connectivity index (χ1) is 10.6. The average molecular weight is 303 g/mol. The van der Waals surface area contributed by atoms with Gasteiger partial charge in [-0.25, -0.2) is 9.97 Å². The number of ether oxygens (including phenoxy) is 1. The molecule has 0 bridgehead atoms. The highest BCUT2D eigenvalue weighted by Crippen LogP contribution is 2.29. The highest BCUT2D eigenvalue weighted by molar-refractivity contribution is 5.92. The predicted molar refractivity (Wildman–Crippen MR) is 80.2 cm³/mol. The van der Waals surface area contributed by atoms with Crippen molar-refractivity contribution >= 4 is 5.91 Å². The number of nitrogens with zero attached hydrogens (tertiary/aromatic N) is 4. The van der Waals surface area contributed by atoms with E-state index < -0.39 is 0 Å². The summed E-state index contributed by atoms with van der Waals surface area (Å²) in [6.07, 6.45) is 8.83. The van der Waals surface area contributed by atoms with Crippen LogP contribution in [0.4, 0.5) is 0 Å². The Morgan fingerprint density at radius 3 is 2.73 bits per heavy atom. The molecular weight excluding hydrogens is 282 g/mol. The summed E-state index contributed by atoms with van der Waals surface area (Å²) in [5.41, 5.74) is 0.425. The van der Waals surface area contributed by atoms with E-state index in [0.29, 0.717) is 11.6 Å². The Labute approximate surface area is 129 Å². The fourth-order valence-electron chi connectivity index (χ4n) is 2.86. The zero-order valence-electron chi connectivity index (χ0n) is 12.9. The Bertz CT molecular complexity index is 642. The fraction of sp³-hybridized carbons (Fsp3) is 0.533. The van der Waals surface area contributed by atoms with E-state index in [4.69, 9.17) is 4.74 Å². The summed E-state index contributed by atoms with van der Waals surface area (Å²) in [5, 5.41) is 3.11. The van der Waals surface area contributed by atoms with Crippen molar-refractivity contribution in [3.8, 4) is 0 Å². The van der Waals surface area contributed by atoms with Gasteiger partial charge in [0.1, 0.15) is 11.5 Å². The lowest BCUT2D eigenvalue weighted by atomic mass is 9.91. The van der Waals surface area contributed by atoms with Crippen LogP contribution in [0.2, 0.25) is 0 Å². The summed E-state index contributed by atoms with van der Waals surface area (Å²) < 4.78 is 9.16. The molecule has 1 atom stereocenters. The maximum absolute atomic E-state index is 12.5. The lowest BCUT2D eigenvalue weighted by Gasteiger charge is -2.30. The molecule has 1 amide bonds. The van der Waals surface area contributed by atoms with Gasteiger partial charge in [0.15, 0.2) is 0 Å². The first-order valence-electron chi connectivity index (χ1n) is 7.49. The maximum Gasteiger partial charge on any atom is 0.272 e. The molecule has 1 aliphatic rings. The van der Waals surface area contributed by atoms with Gasteiger partial charge in [0.05, 0.1) is 12.4 Å². The van der Waals surface area contributed by atoms with Crippen LogP contribution in [0.15, 0.2) is 24.9 Å². The van der Waals surface area contributed by atoms with Crippen LogP contribution < -0.4 is 5.32 Å².